The van der Waals surface area contributed by atoms with Crippen LogP contribution in [0.2, 0.25) is 0 Å². The van der Waals surface area contributed by atoms with Crippen molar-refractivity contribution in [3.63, 3.8) is 0 Å². The second kappa shape index (κ2) is 6.01. The summed E-state index contributed by atoms with van der Waals surface area (Å²) in [4.78, 5) is 1.71. The molecule has 0 spiro atoms. The molecule has 6 heteroatoms. The maximum Gasteiger partial charge on any atom is 0.418 e. The van der Waals surface area contributed by atoms with E-state index in [9.17, 15) is 13.2 Å². The Morgan fingerprint density at radius 3 is 2.80 bits per heavy atom. The van der Waals surface area contributed by atoms with Crippen LogP contribution in [0.5, 0.6) is 0 Å². The van der Waals surface area contributed by atoms with E-state index in [0.717, 1.165) is 6.07 Å². The molecule has 0 saturated carbocycles. The Bertz CT molecular complexity index is 462. The van der Waals surface area contributed by atoms with Crippen molar-refractivity contribution < 1.29 is 23.0 Å². The minimum absolute atomic E-state index is 0.101. The van der Waals surface area contributed by atoms with E-state index in [-0.39, 0.29) is 17.4 Å². The molecule has 0 radical (unpaired) electrons. The Kier molecular flexibility index (Phi) is 4.55. The van der Waals surface area contributed by atoms with Crippen molar-refractivity contribution in [3.05, 3.63) is 29.3 Å². The molecule has 1 fully saturated rings. The highest BCUT2D eigenvalue weighted by Gasteiger charge is 2.35. The smallest absolute Gasteiger partial charge is 0.392 e. The van der Waals surface area contributed by atoms with Gasteiger partial charge in [-0.25, -0.2) is 0 Å². The summed E-state index contributed by atoms with van der Waals surface area (Å²) in [6.45, 7) is 2.98. The number of benzene rings is 1. The van der Waals surface area contributed by atoms with Crippen molar-refractivity contribution >= 4 is 5.69 Å². The standard InChI is InChI=1S/C14H18F3NO2/c1-10-8-18(5-2-6-20-10)13-4-3-11(9-19)7-12(13)14(15,16)17/h3-4,7,10,19H,2,5-6,8-9H2,1H3. The van der Waals surface area contributed by atoms with E-state index in [2.05, 4.69) is 0 Å². The topological polar surface area (TPSA) is 32.7 Å². The van der Waals surface area contributed by atoms with E-state index < -0.39 is 18.3 Å². The van der Waals surface area contributed by atoms with Crippen LogP contribution >= 0.6 is 0 Å². The first-order chi connectivity index (χ1) is 9.41. The molecule has 2 rings (SSSR count). The van der Waals surface area contributed by atoms with Crippen LogP contribution in [-0.4, -0.2) is 30.9 Å². The van der Waals surface area contributed by atoms with E-state index in [0.29, 0.717) is 26.1 Å². The Balaban J connectivity index is 2.39. The van der Waals surface area contributed by atoms with Crippen LogP contribution < -0.4 is 4.90 Å². The molecule has 20 heavy (non-hydrogen) atoms. The van der Waals surface area contributed by atoms with Gasteiger partial charge in [-0.3, -0.25) is 0 Å². The van der Waals surface area contributed by atoms with Gasteiger partial charge in [0.05, 0.1) is 18.3 Å². The fourth-order valence-electron chi connectivity index (χ4n) is 2.40. The quantitative estimate of drug-likeness (QED) is 0.908. The molecule has 112 valence electrons. The molecule has 1 N–H and O–H groups in total. The number of anilines is 1. The molecule has 1 aliphatic rings. The van der Waals surface area contributed by atoms with E-state index in [4.69, 9.17) is 9.84 Å². The van der Waals surface area contributed by atoms with E-state index in [1.165, 1.54) is 12.1 Å². The highest BCUT2D eigenvalue weighted by atomic mass is 19.4. The summed E-state index contributed by atoms with van der Waals surface area (Å²) in [6, 6.07) is 3.99. The molecule has 0 aromatic heterocycles. The second-order valence-electron chi connectivity index (χ2n) is 4.99. The molecule has 0 bridgehead atoms. The summed E-state index contributed by atoms with van der Waals surface area (Å²) >= 11 is 0. The van der Waals surface area contributed by atoms with Gasteiger partial charge in [0, 0.05) is 25.4 Å². The van der Waals surface area contributed by atoms with Gasteiger partial charge in [-0.2, -0.15) is 13.2 Å². The number of nitrogens with zero attached hydrogens (tertiary/aromatic N) is 1. The van der Waals surface area contributed by atoms with Gasteiger partial charge in [0.2, 0.25) is 0 Å². The van der Waals surface area contributed by atoms with Crippen LogP contribution in [0.1, 0.15) is 24.5 Å². The van der Waals surface area contributed by atoms with Crippen molar-refractivity contribution in [3.8, 4) is 0 Å². The first-order valence-electron chi connectivity index (χ1n) is 6.59. The molecule has 1 atom stereocenters. The summed E-state index contributed by atoms with van der Waals surface area (Å²) in [6.07, 6.45) is -3.84. The van der Waals surface area contributed by atoms with E-state index in [1.807, 2.05) is 6.92 Å². The van der Waals surface area contributed by atoms with Crippen molar-refractivity contribution in [2.24, 2.45) is 0 Å². The normalized spacial score (nSPS) is 20.9. The van der Waals surface area contributed by atoms with Gasteiger partial charge in [0.25, 0.3) is 0 Å². The fraction of sp³-hybridized carbons (Fsp3) is 0.571. The Hall–Kier alpha value is -1.27. The molecule has 0 aliphatic carbocycles. The zero-order chi connectivity index (χ0) is 14.8. The zero-order valence-electron chi connectivity index (χ0n) is 11.3. The summed E-state index contributed by atoms with van der Waals surface area (Å²) in [5.74, 6) is 0. The number of ether oxygens (including phenoxy) is 1. The monoisotopic (exact) mass is 289 g/mol. The third kappa shape index (κ3) is 3.43. The molecule has 1 heterocycles. The van der Waals surface area contributed by atoms with E-state index in [1.54, 1.807) is 4.90 Å². The highest BCUT2D eigenvalue weighted by Crippen LogP contribution is 2.37. The van der Waals surface area contributed by atoms with Crippen molar-refractivity contribution in [2.75, 3.05) is 24.6 Å². The SMILES string of the molecule is CC1CN(c2ccc(CO)cc2C(F)(F)F)CCCO1. The lowest BCUT2D eigenvalue weighted by Crippen LogP contribution is -2.32. The molecule has 0 amide bonds. The van der Waals surface area contributed by atoms with Gasteiger partial charge in [-0.1, -0.05) is 6.07 Å². The molecular formula is C14H18F3NO2. The largest absolute Gasteiger partial charge is 0.418 e. The first-order valence-corrected chi connectivity index (χ1v) is 6.59. The van der Waals surface area contributed by atoms with Gasteiger partial charge in [-0.15, -0.1) is 0 Å². The third-order valence-electron chi connectivity index (χ3n) is 3.34. The molecule has 1 unspecified atom stereocenters. The number of halogens is 3. The Morgan fingerprint density at radius 2 is 2.15 bits per heavy atom. The van der Waals surface area contributed by atoms with Gasteiger partial charge in [0.15, 0.2) is 0 Å². The lowest BCUT2D eigenvalue weighted by molar-refractivity contribution is -0.137. The minimum atomic E-state index is -4.43. The van der Waals surface area contributed by atoms with E-state index >= 15 is 0 Å². The molecule has 1 aliphatic heterocycles. The summed E-state index contributed by atoms with van der Waals surface area (Å²) < 4.78 is 45.0. The minimum Gasteiger partial charge on any atom is -0.392 e. The molecular weight excluding hydrogens is 271 g/mol. The van der Waals surface area contributed by atoms with Gasteiger partial charge in [0.1, 0.15) is 0 Å². The molecule has 3 nitrogen and oxygen atoms in total. The Labute approximate surface area is 116 Å². The van der Waals surface area contributed by atoms with Crippen molar-refractivity contribution in [1.82, 2.24) is 0 Å². The lowest BCUT2D eigenvalue weighted by atomic mass is 10.1. The fourth-order valence-corrected chi connectivity index (χ4v) is 2.40. The van der Waals surface area contributed by atoms with Gasteiger partial charge in [-0.05, 0) is 31.0 Å². The zero-order valence-corrected chi connectivity index (χ0v) is 11.3. The number of aliphatic hydroxyl groups is 1. The molecule has 1 aromatic rings. The van der Waals surface area contributed by atoms with Crippen LogP contribution in [0.3, 0.4) is 0 Å². The first kappa shape index (κ1) is 15.1. The van der Waals surface area contributed by atoms with Gasteiger partial charge < -0.3 is 14.7 Å². The predicted molar refractivity (Wildman–Crippen MR) is 69.6 cm³/mol. The third-order valence-corrected chi connectivity index (χ3v) is 3.34. The lowest BCUT2D eigenvalue weighted by Gasteiger charge is -2.27. The average Bonchev–Trinajstić information content (AvgIpc) is 2.61. The summed E-state index contributed by atoms with van der Waals surface area (Å²) in [5.41, 5.74) is -0.273. The van der Waals surface area contributed by atoms with Crippen LogP contribution in [0.15, 0.2) is 18.2 Å². The highest BCUT2D eigenvalue weighted by molar-refractivity contribution is 5.56. The van der Waals surface area contributed by atoms with Crippen LogP contribution in [0.4, 0.5) is 18.9 Å². The van der Waals surface area contributed by atoms with Crippen LogP contribution in [-0.2, 0) is 17.5 Å². The number of hydrogen-bond donors (Lipinski definition) is 1. The Morgan fingerprint density at radius 1 is 1.40 bits per heavy atom. The number of rotatable bonds is 2. The number of alkyl halides is 3. The summed E-state index contributed by atoms with van der Waals surface area (Å²) in [7, 11) is 0. The maximum absolute atomic E-state index is 13.2. The molecule has 1 aromatic carbocycles. The summed E-state index contributed by atoms with van der Waals surface area (Å²) in [5, 5.41) is 9.02. The maximum atomic E-state index is 13.2. The molecule has 1 saturated heterocycles. The average molecular weight is 289 g/mol. The predicted octanol–water partition coefficient (Wildman–Crippen LogP) is 2.81. The van der Waals surface area contributed by atoms with Crippen molar-refractivity contribution in [2.45, 2.75) is 32.2 Å². The second-order valence-corrected chi connectivity index (χ2v) is 4.99. The number of aliphatic hydroxyl groups excluding tert-OH is 1. The van der Waals surface area contributed by atoms with Crippen LogP contribution in [0, 0.1) is 0 Å². The van der Waals surface area contributed by atoms with Crippen LogP contribution in [0.25, 0.3) is 0 Å². The van der Waals surface area contributed by atoms with Gasteiger partial charge >= 0.3 is 6.18 Å². The van der Waals surface area contributed by atoms with Crippen molar-refractivity contribution in [1.29, 1.82) is 0 Å². The number of hydrogen-bond acceptors (Lipinski definition) is 3.